The Morgan fingerprint density at radius 3 is 2.78 bits per heavy atom. The summed E-state index contributed by atoms with van der Waals surface area (Å²) in [4.78, 5) is 15.1. The maximum absolute atomic E-state index is 10.9. The topological polar surface area (TPSA) is 62.2 Å². The highest BCUT2D eigenvalue weighted by Crippen LogP contribution is 2.21. The van der Waals surface area contributed by atoms with Crippen LogP contribution in [0.4, 0.5) is 11.5 Å². The van der Waals surface area contributed by atoms with Gasteiger partial charge < -0.3 is 10.4 Å². The molecule has 1 aromatic heterocycles. The number of aromatic nitrogens is 1. The average Bonchev–Trinajstić information content (AvgIpc) is 2.39. The first-order chi connectivity index (χ1) is 8.66. The van der Waals surface area contributed by atoms with Crippen molar-refractivity contribution in [1.82, 2.24) is 4.98 Å². The third kappa shape index (κ3) is 2.85. The van der Waals surface area contributed by atoms with Gasteiger partial charge in [0.15, 0.2) is 0 Å². The lowest BCUT2D eigenvalue weighted by atomic mass is 10.0. The molecule has 0 radical (unpaired) electrons. The Morgan fingerprint density at radius 2 is 2.11 bits per heavy atom. The fourth-order valence-corrected chi connectivity index (χ4v) is 1.61. The van der Waals surface area contributed by atoms with E-state index in [1.165, 1.54) is 0 Å². The Balaban J connectivity index is 2.20. The zero-order valence-corrected chi connectivity index (χ0v) is 10.00. The number of aliphatic carboxylic acids is 1. The van der Waals surface area contributed by atoms with Crippen LogP contribution in [0.15, 0.2) is 48.7 Å². The van der Waals surface area contributed by atoms with E-state index in [1.54, 1.807) is 13.1 Å². The van der Waals surface area contributed by atoms with Crippen molar-refractivity contribution in [1.29, 1.82) is 0 Å². The zero-order valence-electron chi connectivity index (χ0n) is 10.00. The number of nitrogens with one attached hydrogen (secondary N) is 1. The molecule has 0 aliphatic heterocycles. The second-order valence-electron chi connectivity index (χ2n) is 4.03. The molecular formula is C14H14N2O2. The summed E-state index contributed by atoms with van der Waals surface area (Å²) in [5.41, 5.74) is 1.60. The molecule has 2 aromatic rings. The van der Waals surface area contributed by atoms with Crippen LogP contribution in [0.3, 0.4) is 0 Å². The summed E-state index contributed by atoms with van der Waals surface area (Å²) in [6.07, 6.45) is 1.70. The van der Waals surface area contributed by atoms with Crippen molar-refractivity contribution >= 4 is 17.5 Å². The smallest absolute Gasteiger partial charge is 0.310 e. The van der Waals surface area contributed by atoms with E-state index in [2.05, 4.69) is 10.3 Å². The minimum atomic E-state index is -0.829. The number of hydrogen-bond acceptors (Lipinski definition) is 3. The van der Waals surface area contributed by atoms with Gasteiger partial charge in [0.05, 0.1) is 5.92 Å². The minimum Gasteiger partial charge on any atom is -0.481 e. The lowest BCUT2D eigenvalue weighted by Crippen LogP contribution is -2.07. The molecule has 1 atom stereocenters. The molecule has 2 rings (SSSR count). The number of pyridine rings is 1. The Morgan fingerprint density at radius 1 is 1.28 bits per heavy atom. The van der Waals surface area contributed by atoms with Gasteiger partial charge in [-0.25, -0.2) is 4.98 Å². The summed E-state index contributed by atoms with van der Waals surface area (Å²) in [7, 11) is 0. The third-order valence-electron chi connectivity index (χ3n) is 2.69. The number of rotatable bonds is 4. The van der Waals surface area contributed by atoms with Crippen LogP contribution in [0, 0.1) is 0 Å². The van der Waals surface area contributed by atoms with Crippen LogP contribution in [0.1, 0.15) is 18.4 Å². The summed E-state index contributed by atoms with van der Waals surface area (Å²) in [5.74, 6) is -0.613. The van der Waals surface area contributed by atoms with E-state index in [0.717, 1.165) is 17.1 Å². The van der Waals surface area contributed by atoms with Crippen molar-refractivity contribution < 1.29 is 9.90 Å². The number of carboxylic acid groups (broad SMARTS) is 1. The first-order valence-electron chi connectivity index (χ1n) is 5.67. The maximum atomic E-state index is 10.9. The predicted octanol–water partition coefficient (Wildman–Crippen LogP) is 3.01. The van der Waals surface area contributed by atoms with Gasteiger partial charge >= 0.3 is 5.97 Å². The van der Waals surface area contributed by atoms with Gasteiger partial charge in [-0.3, -0.25) is 4.79 Å². The number of hydrogen-bond donors (Lipinski definition) is 2. The summed E-state index contributed by atoms with van der Waals surface area (Å²) >= 11 is 0. The van der Waals surface area contributed by atoms with Crippen molar-refractivity contribution in [2.45, 2.75) is 12.8 Å². The van der Waals surface area contributed by atoms with Gasteiger partial charge in [0, 0.05) is 11.9 Å². The number of carboxylic acids is 1. The first kappa shape index (κ1) is 12.1. The molecule has 0 spiro atoms. The van der Waals surface area contributed by atoms with Gasteiger partial charge in [-0.15, -0.1) is 0 Å². The van der Waals surface area contributed by atoms with Crippen LogP contribution in [0.5, 0.6) is 0 Å². The maximum Gasteiger partial charge on any atom is 0.310 e. The Hall–Kier alpha value is -2.36. The zero-order chi connectivity index (χ0) is 13.0. The summed E-state index contributed by atoms with van der Waals surface area (Å²) in [6, 6.07) is 12.9. The SMILES string of the molecule is C[C@H](C(=O)O)c1cccc(Nc2ccccn2)c1. The number of carbonyl (C=O) groups is 1. The van der Waals surface area contributed by atoms with E-state index < -0.39 is 11.9 Å². The largest absolute Gasteiger partial charge is 0.481 e. The second kappa shape index (κ2) is 5.31. The van der Waals surface area contributed by atoms with Crippen LogP contribution in [-0.4, -0.2) is 16.1 Å². The van der Waals surface area contributed by atoms with Gasteiger partial charge in [0.1, 0.15) is 5.82 Å². The van der Waals surface area contributed by atoms with Crippen molar-refractivity contribution in [2.24, 2.45) is 0 Å². The molecule has 0 aliphatic rings. The molecule has 2 N–H and O–H groups in total. The van der Waals surface area contributed by atoms with Crippen LogP contribution < -0.4 is 5.32 Å². The molecule has 0 saturated carbocycles. The quantitative estimate of drug-likeness (QED) is 0.865. The molecular weight excluding hydrogens is 228 g/mol. The number of nitrogens with zero attached hydrogens (tertiary/aromatic N) is 1. The van der Waals surface area contributed by atoms with E-state index in [-0.39, 0.29) is 0 Å². The fourth-order valence-electron chi connectivity index (χ4n) is 1.61. The molecule has 0 amide bonds. The molecule has 0 bridgehead atoms. The van der Waals surface area contributed by atoms with Gasteiger partial charge in [-0.2, -0.15) is 0 Å². The second-order valence-corrected chi connectivity index (χ2v) is 4.03. The van der Waals surface area contributed by atoms with Crippen LogP contribution >= 0.6 is 0 Å². The molecule has 1 heterocycles. The van der Waals surface area contributed by atoms with Gasteiger partial charge in [0.25, 0.3) is 0 Å². The van der Waals surface area contributed by atoms with Crippen LogP contribution in [0.25, 0.3) is 0 Å². The highest BCUT2D eigenvalue weighted by Gasteiger charge is 2.13. The fraction of sp³-hybridized carbons (Fsp3) is 0.143. The third-order valence-corrected chi connectivity index (χ3v) is 2.69. The van der Waals surface area contributed by atoms with E-state index in [9.17, 15) is 4.79 Å². The molecule has 1 aromatic carbocycles. The predicted molar refractivity (Wildman–Crippen MR) is 70.0 cm³/mol. The van der Waals surface area contributed by atoms with Crippen molar-refractivity contribution in [3.63, 3.8) is 0 Å². The lowest BCUT2D eigenvalue weighted by Gasteiger charge is -2.10. The Bertz CT molecular complexity index is 541. The van der Waals surface area contributed by atoms with E-state index in [1.807, 2.05) is 42.5 Å². The minimum absolute atomic E-state index is 0.518. The molecule has 4 heteroatoms. The van der Waals surface area contributed by atoms with Crippen molar-refractivity contribution in [3.05, 3.63) is 54.2 Å². The molecule has 18 heavy (non-hydrogen) atoms. The Kier molecular flexibility index (Phi) is 3.57. The van der Waals surface area contributed by atoms with Crippen LogP contribution in [-0.2, 0) is 4.79 Å². The molecule has 92 valence electrons. The van der Waals surface area contributed by atoms with E-state index in [0.29, 0.717) is 0 Å². The van der Waals surface area contributed by atoms with Crippen molar-refractivity contribution in [3.8, 4) is 0 Å². The Labute approximate surface area is 105 Å². The highest BCUT2D eigenvalue weighted by molar-refractivity contribution is 5.76. The van der Waals surface area contributed by atoms with E-state index >= 15 is 0 Å². The lowest BCUT2D eigenvalue weighted by molar-refractivity contribution is -0.138. The number of anilines is 2. The average molecular weight is 242 g/mol. The van der Waals surface area contributed by atoms with E-state index in [4.69, 9.17) is 5.11 Å². The highest BCUT2D eigenvalue weighted by atomic mass is 16.4. The van der Waals surface area contributed by atoms with Gasteiger partial charge in [-0.05, 0) is 36.8 Å². The summed E-state index contributed by atoms with van der Waals surface area (Å²) < 4.78 is 0. The molecule has 0 fully saturated rings. The van der Waals surface area contributed by atoms with Gasteiger partial charge in [0.2, 0.25) is 0 Å². The van der Waals surface area contributed by atoms with Crippen LogP contribution in [0.2, 0.25) is 0 Å². The monoisotopic (exact) mass is 242 g/mol. The molecule has 0 saturated heterocycles. The number of benzene rings is 1. The van der Waals surface area contributed by atoms with Crippen molar-refractivity contribution in [2.75, 3.05) is 5.32 Å². The summed E-state index contributed by atoms with van der Waals surface area (Å²) in [6.45, 7) is 1.67. The summed E-state index contributed by atoms with van der Waals surface area (Å²) in [5, 5.41) is 12.1. The van der Waals surface area contributed by atoms with Gasteiger partial charge in [-0.1, -0.05) is 18.2 Å². The molecule has 0 unspecified atom stereocenters. The normalized spacial score (nSPS) is 11.8. The molecule has 4 nitrogen and oxygen atoms in total. The molecule has 0 aliphatic carbocycles. The first-order valence-corrected chi connectivity index (χ1v) is 5.67. The standard InChI is InChI=1S/C14H14N2O2/c1-10(14(17)18)11-5-4-6-12(9-11)16-13-7-2-3-8-15-13/h2-10H,1H3,(H,15,16)(H,17,18)/t10-/m0/s1.